The first-order chi connectivity index (χ1) is 13.1. The Labute approximate surface area is 157 Å². The lowest BCUT2D eigenvalue weighted by molar-refractivity contribution is -0.385. The molecule has 130 valence electrons. The Morgan fingerprint density at radius 2 is 1.74 bits per heavy atom. The standard InChI is InChI=1S/C20H11N3O3S/c24-19(12-7-1-2-10-15(12)23(25)26)22-20-21-17-13-8-3-5-11-6-4-9-14(16(11)13)18(17)27-20/h1-10H,(H,21,22,24). The third-order valence-corrected chi connectivity index (χ3v) is 5.60. The van der Waals surface area contributed by atoms with Gasteiger partial charge in [-0.05, 0) is 16.8 Å². The van der Waals surface area contributed by atoms with E-state index in [0.29, 0.717) is 5.13 Å². The normalized spacial score (nSPS) is 11.4. The lowest BCUT2D eigenvalue weighted by Gasteiger charge is -2.04. The number of rotatable bonds is 3. The fraction of sp³-hybridized carbons (Fsp3) is 0. The number of nitro benzene ring substituents is 1. The van der Waals surface area contributed by atoms with E-state index in [1.807, 2.05) is 24.3 Å². The molecule has 0 radical (unpaired) electrons. The van der Waals surface area contributed by atoms with Crippen LogP contribution >= 0.6 is 11.3 Å². The predicted octanol–water partition coefficient (Wildman–Crippen LogP) is 5.10. The Balaban J connectivity index is 1.53. The molecule has 0 unspecified atom stereocenters. The van der Waals surface area contributed by atoms with Gasteiger partial charge in [0.2, 0.25) is 0 Å². The molecule has 4 aromatic rings. The average Bonchev–Trinajstić information content (AvgIpc) is 3.21. The number of nitrogens with one attached hydrogen (secondary N) is 1. The number of para-hydroxylation sites is 1. The lowest BCUT2D eigenvalue weighted by Crippen LogP contribution is -2.13. The molecule has 7 heteroatoms. The summed E-state index contributed by atoms with van der Waals surface area (Å²) in [6, 6.07) is 18.1. The van der Waals surface area contributed by atoms with Gasteiger partial charge in [-0.2, -0.15) is 0 Å². The first-order valence-electron chi connectivity index (χ1n) is 8.21. The van der Waals surface area contributed by atoms with Crippen LogP contribution in [0.4, 0.5) is 10.8 Å². The molecule has 1 aliphatic carbocycles. The number of aromatic nitrogens is 1. The Bertz CT molecular complexity index is 1210. The second kappa shape index (κ2) is 5.72. The van der Waals surface area contributed by atoms with E-state index in [9.17, 15) is 14.9 Å². The Morgan fingerprint density at radius 1 is 1.00 bits per heavy atom. The van der Waals surface area contributed by atoms with Crippen LogP contribution in [0.1, 0.15) is 10.4 Å². The molecule has 0 atom stereocenters. The van der Waals surface area contributed by atoms with Gasteiger partial charge in [-0.15, -0.1) is 0 Å². The molecule has 0 fully saturated rings. The number of amides is 1. The van der Waals surface area contributed by atoms with Crippen molar-refractivity contribution < 1.29 is 9.72 Å². The second-order valence-electron chi connectivity index (χ2n) is 6.13. The van der Waals surface area contributed by atoms with Gasteiger partial charge < -0.3 is 0 Å². The molecule has 0 aliphatic heterocycles. The maximum atomic E-state index is 12.6. The minimum atomic E-state index is -0.562. The van der Waals surface area contributed by atoms with Gasteiger partial charge in [-0.25, -0.2) is 4.98 Å². The zero-order valence-corrected chi connectivity index (χ0v) is 14.6. The summed E-state index contributed by atoms with van der Waals surface area (Å²) in [5.74, 6) is -0.541. The molecule has 1 aromatic heterocycles. The number of benzene rings is 3. The van der Waals surface area contributed by atoms with Crippen molar-refractivity contribution in [1.82, 2.24) is 4.98 Å². The molecule has 1 aliphatic rings. The molecule has 0 saturated heterocycles. The van der Waals surface area contributed by atoms with Crippen LogP contribution in [0.25, 0.3) is 32.5 Å². The summed E-state index contributed by atoms with van der Waals surface area (Å²) in [4.78, 5) is 28.7. The van der Waals surface area contributed by atoms with Crippen LogP contribution in [0.15, 0.2) is 60.7 Å². The Morgan fingerprint density at radius 3 is 2.52 bits per heavy atom. The molecule has 1 amide bonds. The Hall–Kier alpha value is -3.58. The summed E-state index contributed by atoms with van der Waals surface area (Å²) in [6.07, 6.45) is 0. The van der Waals surface area contributed by atoms with Crippen molar-refractivity contribution in [3.63, 3.8) is 0 Å². The SMILES string of the molecule is O=C(Nc1nc2c(s1)-c1cccc3cccc-2c13)c1ccccc1[N+](=O)[O-]. The highest BCUT2D eigenvalue weighted by atomic mass is 32.1. The monoisotopic (exact) mass is 373 g/mol. The minimum Gasteiger partial charge on any atom is -0.298 e. The van der Waals surface area contributed by atoms with Crippen LogP contribution in [-0.4, -0.2) is 15.8 Å². The molecule has 6 nitrogen and oxygen atoms in total. The third-order valence-electron chi connectivity index (χ3n) is 4.60. The van der Waals surface area contributed by atoms with Crippen molar-refractivity contribution in [2.75, 3.05) is 5.32 Å². The highest BCUT2D eigenvalue weighted by Crippen LogP contribution is 2.50. The van der Waals surface area contributed by atoms with Crippen molar-refractivity contribution in [2.45, 2.75) is 0 Å². The van der Waals surface area contributed by atoms with Gasteiger partial charge in [0.05, 0.1) is 15.5 Å². The van der Waals surface area contributed by atoms with E-state index in [1.54, 1.807) is 6.07 Å². The van der Waals surface area contributed by atoms with Crippen LogP contribution in [0.2, 0.25) is 0 Å². The van der Waals surface area contributed by atoms with Crippen LogP contribution in [0.5, 0.6) is 0 Å². The fourth-order valence-corrected chi connectivity index (χ4v) is 4.46. The van der Waals surface area contributed by atoms with Gasteiger partial charge in [-0.1, -0.05) is 59.9 Å². The zero-order valence-electron chi connectivity index (χ0n) is 13.8. The van der Waals surface area contributed by atoms with Gasteiger partial charge >= 0.3 is 0 Å². The van der Waals surface area contributed by atoms with Gasteiger partial charge in [0.25, 0.3) is 11.6 Å². The maximum absolute atomic E-state index is 12.6. The van der Waals surface area contributed by atoms with Crippen LogP contribution in [0.3, 0.4) is 0 Å². The number of fused-ring (bicyclic) bond motifs is 3. The van der Waals surface area contributed by atoms with E-state index in [0.717, 1.165) is 27.1 Å². The molecule has 0 bridgehead atoms. The van der Waals surface area contributed by atoms with E-state index in [-0.39, 0.29) is 11.3 Å². The quantitative estimate of drug-likeness (QED) is 0.352. The highest BCUT2D eigenvalue weighted by molar-refractivity contribution is 7.20. The molecular weight excluding hydrogens is 362 g/mol. The number of thiazole rings is 1. The Kier molecular flexibility index (Phi) is 3.32. The van der Waals surface area contributed by atoms with E-state index in [1.165, 1.54) is 34.9 Å². The van der Waals surface area contributed by atoms with Crippen LogP contribution in [0, 0.1) is 10.1 Å². The predicted molar refractivity (Wildman–Crippen MR) is 105 cm³/mol. The summed E-state index contributed by atoms with van der Waals surface area (Å²) in [6.45, 7) is 0. The molecule has 0 spiro atoms. The molecule has 0 saturated carbocycles. The van der Waals surface area contributed by atoms with Gasteiger partial charge in [0.15, 0.2) is 5.13 Å². The first-order valence-corrected chi connectivity index (χ1v) is 9.03. The van der Waals surface area contributed by atoms with Crippen molar-refractivity contribution in [3.8, 4) is 21.7 Å². The number of hydrogen-bond donors (Lipinski definition) is 1. The van der Waals surface area contributed by atoms with E-state index in [4.69, 9.17) is 0 Å². The summed E-state index contributed by atoms with van der Waals surface area (Å²) in [7, 11) is 0. The molecule has 5 rings (SSSR count). The molecule has 3 aromatic carbocycles. The second-order valence-corrected chi connectivity index (χ2v) is 7.13. The van der Waals surface area contributed by atoms with E-state index >= 15 is 0 Å². The number of carbonyl (C=O) groups excluding carboxylic acids is 1. The first kappa shape index (κ1) is 15.7. The van der Waals surface area contributed by atoms with Crippen molar-refractivity contribution >= 4 is 38.8 Å². The molecule has 27 heavy (non-hydrogen) atoms. The molecular formula is C20H11N3O3S. The number of hydrogen-bond acceptors (Lipinski definition) is 5. The van der Waals surface area contributed by atoms with Crippen molar-refractivity contribution in [2.24, 2.45) is 0 Å². The number of nitro groups is 1. The maximum Gasteiger partial charge on any atom is 0.282 e. The lowest BCUT2D eigenvalue weighted by atomic mass is 10.0. The zero-order chi connectivity index (χ0) is 18.5. The topological polar surface area (TPSA) is 85.1 Å². The van der Waals surface area contributed by atoms with E-state index in [2.05, 4.69) is 22.4 Å². The number of nitrogens with zero attached hydrogens (tertiary/aromatic N) is 2. The number of carbonyl (C=O) groups is 1. The number of anilines is 1. The summed E-state index contributed by atoms with van der Waals surface area (Å²) >= 11 is 1.38. The van der Waals surface area contributed by atoms with Crippen molar-refractivity contribution in [1.29, 1.82) is 0 Å². The average molecular weight is 373 g/mol. The fourth-order valence-electron chi connectivity index (χ4n) is 3.46. The molecule has 1 heterocycles. The molecule has 1 N–H and O–H groups in total. The van der Waals surface area contributed by atoms with Crippen molar-refractivity contribution in [3.05, 3.63) is 76.3 Å². The third kappa shape index (κ3) is 2.32. The van der Waals surface area contributed by atoms with Gasteiger partial charge in [-0.3, -0.25) is 20.2 Å². The summed E-state index contributed by atoms with van der Waals surface area (Å²) in [5, 5.41) is 16.6. The van der Waals surface area contributed by atoms with Gasteiger partial charge in [0.1, 0.15) is 5.56 Å². The van der Waals surface area contributed by atoms with E-state index < -0.39 is 10.8 Å². The minimum absolute atomic E-state index is 0.0142. The smallest absolute Gasteiger partial charge is 0.282 e. The largest absolute Gasteiger partial charge is 0.298 e. The van der Waals surface area contributed by atoms with Crippen LogP contribution in [-0.2, 0) is 0 Å². The van der Waals surface area contributed by atoms with Gasteiger partial charge in [0, 0.05) is 17.2 Å². The summed E-state index contributed by atoms with van der Waals surface area (Å²) < 4.78 is 0. The van der Waals surface area contributed by atoms with Crippen LogP contribution < -0.4 is 5.32 Å². The summed E-state index contributed by atoms with van der Waals surface area (Å²) in [5.41, 5.74) is 2.77. The highest BCUT2D eigenvalue weighted by Gasteiger charge is 2.27.